The number of rotatable bonds is 3. The minimum Gasteiger partial charge on any atom is -0.489 e. The zero-order chi connectivity index (χ0) is 31.1. The highest BCUT2D eigenvalue weighted by Crippen LogP contribution is 2.39. The van der Waals surface area contributed by atoms with Gasteiger partial charge in [0.2, 0.25) is 5.91 Å². The summed E-state index contributed by atoms with van der Waals surface area (Å²) in [5.74, 6) is 1.49. The van der Waals surface area contributed by atoms with Crippen LogP contribution in [0.5, 0.6) is 5.75 Å². The SMILES string of the molecule is CC(=O)Nc1ccc2c(c1)C1=NN(c3ccc(Cl)cc3)CC1CS2.Fc1cccc2c1OCC1CN(c3ccc(Cl)cc3)N=C21. The lowest BCUT2D eigenvalue weighted by molar-refractivity contribution is -0.114. The predicted molar refractivity (Wildman–Crippen MR) is 181 cm³/mol. The zero-order valence-corrected chi connectivity index (χ0v) is 26.5. The van der Waals surface area contributed by atoms with Crippen LogP contribution < -0.4 is 20.1 Å². The average Bonchev–Trinajstić information content (AvgIpc) is 3.68. The molecule has 0 saturated heterocycles. The molecule has 228 valence electrons. The molecule has 2 atom stereocenters. The van der Waals surface area contributed by atoms with Crippen LogP contribution in [0.4, 0.5) is 21.5 Å². The first kappa shape index (κ1) is 29.6. The fourth-order valence-electron chi connectivity index (χ4n) is 5.83. The highest BCUT2D eigenvalue weighted by Gasteiger charge is 2.36. The first-order valence-corrected chi connectivity index (χ1v) is 16.3. The summed E-state index contributed by atoms with van der Waals surface area (Å²) < 4.78 is 19.4. The van der Waals surface area contributed by atoms with E-state index >= 15 is 0 Å². The quantitative estimate of drug-likeness (QED) is 0.242. The molecule has 7 nitrogen and oxygen atoms in total. The van der Waals surface area contributed by atoms with Gasteiger partial charge in [-0.05, 0) is 78.9 Å². The number of nitrogens with zero attached hydrogens (tertiary/aromatic N) is 4. The number of amides is 1. The van der Waals surface area contributed by atoms with Crippen LogP contribution >= 0.6 is 35.0 Å². The lowest BCUT2D eigenvalue weighted by atomic mass is 9.95. The number of thioether (sulfide) groups is 1. The third-order valence-electron chi connectivity index (χ3n) is 7.95. The molecule has 45 heavy (non-hydrogen) atoms. The van der Waals surface area contributed by atoms with Crippen molar-refractivity contribution in [3.63, 3.8) is 0 Å². The Labute approximate surface area is 274 Å². The molecule has 0 radical (unpaired) electrons. The third kappa shape index (κ3) is 6.12. The van der Waals surface area contributed by atoms with Gasteiger partial charge in [0.05, 0.1) is 48.4 Å². The maximum atomic E-state index is 13.8. The lowest BCUT2D eigenvalue weighted by Gasteiger charge is -2.22. The number of halogens is 3. The van der Waals surface area contributed by atoms with Gasteiger partial charge in [-0.1, -0.05) is 29.3 Å². The van der Waals surface area contributed by atoms with Gasteiger partial charge < -0.3 is 10.1 Å². The van der Waals surface area contributed by atoms with E-state index in [1.807, 2.05) is 88.5 Å². The molecule has 0 saturated carbocycles. The summed E-state index contributed by atoms with van der Waals surface area (Å²) in [5.41, 5.74) is 6.71. The topological polar surface area (TPSA) is 69.5 Å². The van der Waals surface area contributed by atoms with Crippen molar-refractivity contribution in [3.05, 3.63) is 112 Å². The van der Waals surface area contributed by atoms with Gasteiger partial charge in [-0.25, -0.2) is 4.39 Å². The number of para-hydroxylation sites is 1. The van der Waals surface area contributed by atoms with Gasteiger partial charge in [0.1, 0.15) is 0 Å². The number of hydrogen-bond donors (Lipinski definition) is 1. The average molecular weight is 661 g/mol. The number of hydrazone groups is 2. The molecule has 0 bridgehead atoms. The molecule has 8 rings (SSSR count). The highest BCUT2D eigenvalue weighted by atomic mass is 35.5. The van der Waals surface area contributed by atoms with Crippen molar-refractivity contribution in [2.75, 3.05) is 40.8 Å². The number of carbonyl (C=O) groups excluding carboxylic acids is 1. The van der Waals surface area contributed by atoms with E-state index < -0.39 is 0 Å². The van der Waals surface area contributed by atoms with Crippen LogP contribution in [-0.4, -0.2) is 42.8 Å². The van der Waals surface area contributed by atoms with Crippen molar-refractivity contribution < 1.29 is 13.9 Å². The number of nitrogens with one attached hydrogen (secondary N) is 1. The molecule has 4 aliphatic rings. The fraction of sp³-hybridized carbons (Fsp3) is 0.206. The van der Waals surface area contributed by atoms with Gasteiger partial charge in [0.25, 0.3) is 0 Å². The second-order valence-corrected chi connectivity index (χ2v) is 13.0. The molecule has 0 aromatic heterocycles. The molecular weight excluding hydrogens is 632 g/mol. The van der Waals surface area contributed by atoms with Crippen molar-refractivity contribution in [2.24, 2.45) is 22.0 Å². The number of benzene rings is 4. The maximum absolute atomic E-state index is 13.8. The van der Waals surface area contributed by atoms with Crippen LogP contribution in [0.3, 0.4) is 0 Å². The van der Waals surface area contributed by atoms with Crippen LogP contribution in [0.2, 0.25) is 10.0 Å². The van der Waals surface area contributed by atoms with Gasteiger partial charge in [0, 0.05) is 50.3 Å². The molecule has 1 N–H and O–H groups in total. The Morgan fingerprint density at radius 2 is 1.49 bits per heavy atom. The van der Waals surface area contributed by atoms with Crippen molar-refractivity contribution in [2.45, 2.75) is 11.8 Å². The van der Waals surface area contributed by atoms with Crippen LogP contribution in [0, 0.1) is 17.7 Å². The Hall–Kier alpha value is -4.05. The van der Waals surface area contributed by atoms with Crippen molar-refractivity contribution in [3.8, 4) is 5.75 Å². The van der Waals surface area contributed by atoms with Gasteiger partial charge in [-0.2, -0.15) is 10.2 Å². The standard InChI is InChI=1S/C18H16ClN3OS.C16H12ClFN2O/c1-11(23)20-14-4-7-17-16(8-14)18-12(10-24-17)9-22(21-18)15-5-2-13(19)3-6-15;17-11-4-6-12(7-5-11)20-8-10-9-21-16-13(15(10)19-20)2-1-3-14(16)18/h2-8,12H,9-10H2,1H3,(H,20,23);1-7,10H,8-9H2. The van der Waals surface area contributed by atoms with Crippen LogP contribution in [0.15, 0.2) is 100 Å². The van der Waals surface area contributed by atoms with E-state index in [0.717, 1.165) is 63.5 Å². The number of fused-ring (bicyclic) bond motifs is 6. The fourth-order valence-corrected chi connectivity index (χ4v) is 7.21. The smallest absolute Gasteiger partial charge is 0.221 e. The van der Waals surface area contributed by atoms with E-state index in [1.165, 1.54) is 17.9 Å². The summed E-state index contributed by atoms with van der Waals surface area (Å²) in [6.45, 7) is 3.57. The minimum absolute atomic E-state index is 0.0638. The van der Waals surface area contributed by atoms with Gasteiger partial charge >= 0.3 is 0 Å². The number of carbonyl (C=O) groups is 1. The van der Waals surface area contributed by atoms with Crippen molar-refractivity contribution >= 4 is 69.4 Å². The van der Waals surface area contributed by atoms with E-state index in [9.17, 15) is 9.18 Å². The van der Waals surface area contributed by atoms with E-state index in [4.69, 9.17) is 33.0 Å². The molecular formula is C34H28Cl2FN5O2S. The second kappa shape index (κ2) is 12.4. The lowest BCUT2D eigenvalue weighted by Crippen LogP contribution is -2.30. The first-order chi connectivity index (χ1) is 21.8. The van der Waals surface area contributed by atoms with E-state index in [-0.39, 0.29) is 17.6 Å². The van der Waals surface area contributed by atoms with Crippen molar-refractivity contribution in [1.82, 2.24) is 0 Å². The Balaban J connectivity index is 0.000000146. The molecule has 4 aliphatic heterocycles. The molecule has 0 aliphatic carbocycles. The molecule has 4 aromatic rings. The molecule has 4 heterocycles. The van der Waals surface area contributed by atoms with E-state index in [2.05, 4.69) is 16.5 Å². The largest absolute Gasteiger partial charge is 0.489 e. The van der Waals surface area contributed by atoms with Crippen molar-refractivity contribution in [1.29, 1.82) is 0 Å². The van der Waals surface area contributed by atoms with Crippen LogP contribution in [-0.2, 0) is 4.79 Å². The molecule has 11 heteroatoms. The first-order valence-electron chi connectivity index (χ1n) is 14.5. The Morgan fingerprint density at radius 3 is 2.13 bits per heavy atom. The Kier molecular flexibility index (Phi) is 8.16. The summed E-state index contributed by atoms with van der Waals surface area (Å²) in [6.07, 6.45) is 0. The Bertz CT molecular complexity index is 1830. The molecule has 2 unspecified atom stereocenters. The highest BCUT2D eigenvalue weighted by molar-refractivity contribution is 7.99. The third-order valence-corrected chi connectivity index (χ3v) is 9.69. The zero-order valence-electron chi connectivity index (χ0n) is 24.2. The Morgan fingerprint density at radius 1 is 0.867 bits per heavy atom. The van der Waals surface area contributed by atoms with E-state index in [1.54, 1.807) is 6.07 Å². The monoisotopic (exact) mass is 659 g/mol. The molecule has 1 amide bonds. The second-order valence-electron chi connectivity index (χ2n) is 11.1. The van der Waals surface area contributed by atoms with Gasteiger partial charge in [-0.3, -0.25) is 14.8 Å². The summed E-state index contributed by atoms with van der Waals surface area (Å²) in [6, 6.07) is 26.3. The van der Waals surface area contributed by atoms with Gasteiger partial charge in [0.15, 0.2) is 11.6 Å². The summed E-state index contributed by atoms with van der Waals surface area (Å²) in [4.78, 5) is 12.5. The number of ether oxygens (including phenoxy) is 1. The molecule has 4 aromatic carbocycles. The van der Waals surface area contributed by atoms with Crippen LogP contribution in [0.25, 0.3) is 0 Å². The van der Waals surface area contributed by atoms with Crippen LogP contribution in [0.1, 0.15) is 18.1 Å². The summed E-state index contributed by atoms with van der Waals surface area (Å²) in [7, 11) is 0. The van der Waals surface area contributed by atoms with E-state index in [0.29, 0.717) is 23.3 Å². The van der Waals surface area contributed by atoms with Gasteiger partial charge in [-0.15, -0.1) is 11.8 Å². The molecule has 0 fully saturated rings. The minimum atomic E-state index is -0.335. The maximum Gasteiger partial charge on any atom is 0.221 e. The summed E-state index contributed by atoms with van der Waals surface area (Å²) in [5, 5.41) is 17.7. The normalized spacial score (nSPS) is 19.1. The summed E-state index contributed by atoms with van der Waals surface area (Å²) >= 11 is 13.7. The molecule has 0 spiro atoms. The number of hydrogen-bond acceptors (Lipinski definition) is 7. The predicted octanol–water partition coefficient (Wildman–Crippen LogP) is 7.96. The number of anilines is 3.